The SMILES string of the molecule is CCN(CC)CCN(C(=O)c1ccc(S(=O)(=O)N2CC(C)CC(C)C2)cc1)c1nc2cc3c(cc2s1)OCO3.Cl. The second-order valence-corrected chi connectivity index (χ2v) is 13.4. The lowest BCUT2D eigenvalue weighted by Gasteiger charge is -2.34. The summed E-state index contributed by atoms with van der Waals surface area (Å²) < 4.78 is 40.2. The van der Waals surface area contributed by atoms with Crippen LogP contribution in [0.4, 0.5) is 5.13 Å². The van der Waals surface area contributed by atoms with Gasteiger partial charge in [-0.15, -0.1) is 12.4 Å². The van der Waals surface area contributed by atoms with E-state index in [9.17, 15) is 13.2 Å². The molecule has 0 spiro atoms. The van der Waals surface area contributed by atoms with Gasteiger partial charge >= 0.3 is 0 Å². The van der Waals surface area contributed by atoms with Crippen molar-refractivity contribution in [3.8, 4) is 11.5 Å². The first-order chi connectivity index (χ1) is 18.7. The van der Waals surface area contributed by atoms with Crippen molar-refractivity contribution in [3.63, 3.8) is 0 Å². The number of likely N-dealkylation sites (N-methyl/N-ethyl adjacent to an activating group) is 1. The van der Waals surface area contributed by atoms with Crippen LogP contribution in [0.25, 0.3) is 10.2 Å². The molecule has 3 aromatic rings. The monoisotopic (exact) mass is 608 g/mol. The number of amides is 1. The summed E-state index contributed by atoms with van der Waals surface area (Å²) in [4.78, 5) is 22.7. The number of sulfonamides is 1. The largest absolute Gasteiger partial charge is 0.454 e. The van der Waals surface area contributed by atoms with Gasteiger partial charge in [0, 0.05) is 43.9 Å². The number of rotatable bonds is 9. The third-order valence-electron chi connectivity index (χ3n) is 7.46. The summed E-state index contributed by atoms with van der Waals surface area (Å²) in [6, 6.07) is 10.1. The predicted molar refractivity (Wildman–Crippen MR) is 161 cm³/mol. The zero-order valence-corrected chi connectivity index (χ0v) is 25.8. The molecule has 9 nitrogen and oxygen atoms in total. The Bertz CT molecular complexity index is 1390. The molecule has 0 aliphatic carbocycles. The van der Waals surface area contributed by atoms with Crippen molar-refractivity contribution >= 4 is 55.0 Å². The van der Waals surface area contributed by atoms with Crippen molar-refractivity contribution in [2.24, 2.45) is 11.8 Å². The van der Waals surface area contributed by atoms with E-state index in [1.807, 2.05) is 12.1 Å². The Morgan fingerprint density at radius 1 is 1.02 bits per heavy atom. The minimum Gasteiger partial charge on any atom is -0.454 e. The predicted octanol–water partition coefficient (Wildman–Crippen LogP) is 5.10. The molecular weight excluding hydrogens is 572 g/mol. The number of piperidine rings is 1. The molecule has 40 heavy (non-hydrogen) atoms. The first kappa shape index (κ1) is 30.5. The Labute approximate surface area is 246 Å². The lowest BCUT2D eigenvalue weighted by atomic mass is 9.94. The quantitative estimate of drug-likeness (QED) is 0.334. The normalized spacial score (nSPS) is 19.1. The fraction of sp³-hybridized carbons (Fsp3) is 0.500. The number of carbonyl (C=O) groups is 1. The van der Waals surface area contributed by atoms with Crippen molar-refractivity contribution in [2.75, 3.05) is 51.0 Å². The number of hydrogen-bond acceptors (Lipinski definition) is 8. The minimum absolute atomic E-state index is 0. The molecule has 0 bridgehead atoms. The smallest absolute Gasteiger partial charge is 0.260 e. The average molecular weight is 609 g/mol. The molecule has 2 atom stereocenters. The van der Waals surface area contributed by atoms with E-state index in [4.69, 9.17) is 14.5 Å². The number of ether oxygens (including phenoxy) is 2. The van der Waals surface area contributed by atoms with Crippen LogP contribution in [-0.4, -0.2) is 74.6 Å². The van der Waals surface area contributed by atoms with Crippen molar-refractivity contribution in [1.82, 2.24) is 14.2 Å². The first-order valence-electron chi connectivity index (χ1n) is 13.5. The van der Waals surface area contributed by atoms with Gasteiger partial charge in [-0.2, -0.15) is 4.31 Å². The maximum atomic E-state index is 13.8. The number of benzene rings is 2. The molecule has 218 valence electrons. The fourth-order valence-corrected chi connectivity index (χ4v) is 8.04. The first-order valence-corrected chi connectivity index (χ1v) is 15.8. The Hall–Kier alpha value is -2.44. The third-order valence-corrected chi connectivity index (χ3v) is 10.3. The van der Waals surface area contributed by atoms with Crippen LogP contribution in [0, 0.1) is 11.8 Å². The summed E-state index contributed by atoms with van der Waals surface area (Å²) in [6.45, 7) is 12.5. The lowest BCUT2D eigenvalue weighted by molar-refractivity contribution is 0.0983. The standard InChI is InChI=1S/C28H36N4O5S2.ClH/c1-5-30(6-2)11-12-32(28-29-23-14-24-25(37-18-36-24)15-26(23)38-28)27(33)21-7-9-22(10-8-21)39(34,35)31-16-19(3)13-20(4)17-31;/h7-10,14-15,19-20H,5-6,11-13,16-18H2,1-4H3;1H. The summed E-state index contributed by atoms with van der Waals surface area (Å²) >= 11 is 1.43. The molecule has 1 fully saturated rings. The van der Waals surface area contributed by atoms with E-state index in [-0.39, 0.29) is 30.0 Å². The molecule has 3 heterocycles. The Morgan fingerprint density at radius 3 is 2.27 bits per heavy atom. The molecule has 1 saturated heterocycles. The number of fused-ring (bicyclic) bond motifs is 2. The molecule has 5 rings (SSSR count). The highest BCUT2D eigenvalue weighted by Crippen LogP contribution is 2.40. The van der Waals surface area contributed by atoms with Gasteiger partial charge in [0.2, 0.25) is 16.8 Å². The molecule has 2 aromatic carbocycles. The van der Waals surface area contributed by atoms with Crippen molar-refractivity contribution in [2.45, 2.75) is 39.0 Å². The number of nitrogens with zero attached hydrogens (tertiary/aromatic N) is 4. The van der Waals surface area contributed by atoms with E-state index < -0.39 is 10.0 Å². The summed E-state index contributed by atoms with van der Waals surface area (Å²) in [6.07, 6.45) is 1.03. The summed E-state index contributed by atoms with van der Waals surface area (Å²) in [5.74, 6) is 1.74. The van der Waals surface area contributed by atoms with E-state index in [0.717, 1.165) is 29.7 Å². The van der Waals surface area contributed by atoms with Gasteiger partial charge in [-0.25, -0.2) is 13.4 Å². The molecular formula is C28H37ClN4O5S2. The van der Waals surface area contributed by atoms with Crippen molar-refractivity contribution in [3.05, 3.63) is 42.0 Å². The molecule has 1 aromatic heterocycles. The van der Waals surface area contributed by atoms with E-state index in [2.05, 4.69) is 32.6 Å². The van der Waals surface area contributed by atoms with Gasteiger partial charge in [0.25, 0.3) is 5.91 Å². The molecule has 0 radical (unpaired) electrons. The Balaban J connectivity index is 0.00000370. The van der Waals surface area contributed by atoms with Gasteiger partial charge in [-0.3, -0.25) is 9.69 Å². The van der Waals surface area contributed by atoms with Crippen LogP contribution >= 0.6 is 23.7 Å². The van der Waals surface area contributed by atoms with Gasteiger partial charge in [-0.1, -0.05) is 39.0 Å². The number of thiazole rings is 1. The second-order valence-electron chi connectivity index (χ2n) is 10.4. The van der Waals surface area contributed by atoms with E-state index in [1.165, 1.54) is 11.3 Å². The van der Waals surface area contributed by atoms with Crippen LogP contribution in [0.3, 0.4) is 0 Å². The van der Waals surface area contributed by atoms with Crippen LogP contribution in [0.5, 0.6) is 11.5 Å². The molecule has 2 unspecified atom stereocenters. The second kappa shape index (κ2) is 12.6. The number of halogens is 1. The van der Waals surface area contributed by atoms with Gasteiger partial charge in [0.1, 0.15) is 0 Å². The highest BCUT2D eigenvalue weighted by atomic mass is 35.5. The van der Waals surface area contributed by atoms with Gasteiger partial charge in [0.15, 0.2) is 16.6 Å². The zero-order chi connectivity index (χ0) is 27.7. The molecule has 2 aliphatic rings. The van der Waals surface area contributed by atoms with Crippen molar-refractivity contribution < 1.29 is 22.7 Å². The van der Waals surface area contributed by atoms with Crippen LogP contribution in [0.15, 0.2) is 41.3 Å². The average Bonchev–Trinajstić information content (AvgIpc) is 3.55. The van der Waals surface area contributed by atoms with E-state index >= 15 is 0 Å². The summed E-state index contributed by atoms with van der Waals surface area (Å²) in [5, 5.41) is 0.582. The van der Waals surface area contributed by atoms with Crippen LogP contribution in [0.2, 0.25) is 0 Å². The van der Waals surface area contributed by atoms with E-state index in [0.29, 0.717) is 60.2 Å². The molecule has 12 heteroatoms. The van der Waals surface area contributed by atoms with Gasteiger partial charge < -0.3 is 14.4 Å². The highest BCUT2D eigenvalue weighted by molar-refractivity contribution is 7.89. The van der Waals surface area contributed by atoms with Crippen molar-refractivity contribution in [1.29, 1.82) is 0 Å². The number of carbonyl (C=O) groups excluding carboxylic acids is 1. The van der Waals surface area contributed by atoms with Crippen LogP contribution in [-0.2, 0) is 10.0 Å². The maximum Gasteiger partial charge on any atom is 0.260 e. The van der Waals surface area contributed by atoms with Crippen LogP contribution in [0.1, 0.15) is 44.5 Å². The Morgan fingerprint density at radius 2 is 1.65 bits per heavy atom. The number of aromatic nitrogens is 1. The lowest BCUT2D eigenvalue weighted by Crippen LogP contribution is -2.42. The third kappa shape index (κ3) is 6.23. The topological polar surface area (TPSA) is 92.3 Å². The molecule has 2 aliphatic heterocycles. The maximum absolute atomic E-state index is 13.8. The van der Waals surface area contributed by atoms with Crippen LogP contribution < -0.4 is 14.4 Å². The number of hydrogen-bond donors (Lipinski definition) is 0. The number of anilines is 1. The van der Waals surface area contributed by atoms with Gasteiger partial charge in [0.05, 0.1) is 15.1 Å². The summed E-state index contributed by atoms with van der Waals surface area (Å²) in [7, 11) is -3.63. The molecule has 1 amide bonds. The zero-order valence-electron chi connectivity index (χ0n) is 23.3. The Kier molecular flexibility index (Phi) is 9.62. The fourth-order valence-electron chi connectivity index (χ4n) is 5.36. The molecule has 0 saturated carbocycles. The summed E-state index contributed by atoms with van der Waals surface area (Å²) in [5.41, 5.74) is 1.16. The highest BCUT2D eigenvalue weighted by Gasteiger charge is 2.32. The minimum atomic E-state index is -3.63. The molecule has 0 N–H and O–H groups in total. The van der Waals surface area contributed by atoms with Gasteiger partial charge in [-0.05, 0) is 55.6 Å². The van der Waals surface area contributed by atoms with E-state index in [1.54, 1.807) is 33.5 Å².